The predicted molar refractivity (Wildman–Crippen MR) is 131 cm³/mol. The quantitative estimate of drug-likeness (QED) is 0.307. The Balaban J connectivity index is 1.35. The number of fused-ring (bicyclic) bond motifs is 1. The van der Waals surface area contributed by atoms with E-state index in [2.05, 4.69) is 15.6 Å². The summed E-state index contributed by atoms with van der Waals surface area (Å²) >= 11 is 2.89. The number of hydrogen-bond acceptors (Lipinski definition) is 6. The molecule has 0 saturated heterocycles. The molecule has 0 radical (unpaired) electrons. The summed E-state index contributed by atoms with van der Waals surface area (Å²) in [6.45, 7) is 3.64. The smallest absolute Gasteiger partial charge is 0.291 e. The molecule has 9 heteroatoms. The molecule has 0 aliphatic carbocycles. The van der Waals surface area contributed by atoms with E-state index in [-0.39, 0.29) is 29.3 Å². The van der Waals surface area contributed by atoms with Gasteiger partial charge < -0.3 is 15.1 Å². The van der Waals surface area contributed by atoms with E-state index < -0.39 is 0 Å². The van der Waals surface area contributed by atoms with Crippen LogP contribution in [0.1, 0.15) is 35.7 Å². The molecule has 4 aromatic rings. The van der Waals surface area contributed by atoms with Gasteiger partial charge in [-0.15, -0.1) is 11.8 Å². The van der Waals surface area contributed by atoms with E-state index in [9.17, 15) is 14.0 Å². The van der Waals surface area contributed by atoms with E-state index in [4.69, 9.17) is 4.42 Å². The Hall–Kier alpha value is -3.17. The summed E-state index contributed by atoms with van der Waals surface area (Å²) in [5.74, 6) is 1.05. The van der Waals surface area contributed by atoms with E-state index in [1.54, 1.807) is 42.5 Å². The van der Waals surface area contributed by atoms with Crippen LogP contribution < -0.4 is 10.6 Å². The van der Waals surface area contributed by atoms with Crippen molar-refractivity contribution in [2.75, 3.05) is 10.6 Å². The summed E-state index contributed by atoms with van der Waals surface area (Å²) in [4.78, 5) is 28.9. The largest absolute Gasteiger partial charge is 0.455 e. The molecule has 2 amide bonds. The molecule has 6 nitrogen and oxygen atoms in total. The monoisotopic (exact) mass is 483 g/mol. The number of carbonyl (C=O) groups is 2. The zero-order valence-corrected chi connectivity index (χ0v) is 19.7. The fourth-order valence-corrected chi connectivity index (χ4v) is 4.72. The van der Waals surface area contributed by atoms with E-state index in [1.807, 2.05) is 19.9 Å². The lowest BCUT2D eigenvalue weighted by Crippen LogP contribution is -2.17. The minimum atomic E-state index is -0.372. The van der Waals surface area contributed by atoms with Gasteiger partial charge in [-0.3, -0.25) is 9.59 Å². The van der Waals surface area contributed by atoms with Crippen molar-refractivity contribution in [3.63, 3.8) is 0 Å². The minimum Gasteiger partial charge on any atom is -0.455 e. The van der Waals surface area contributed by atoms with E-state index in [0.717, 1.165) is 4.70 Å². The maximum atomic E-state index is 13.7. The molecule has 170 valence electrons. The van der Waals surface area contributed by atoms with Crippen LogP contribution in [0.15, 0.2) is 59.0 Å². The van der Waals surface area contributed by atoms with Crippen molar-refractivity contribution in [2.45, 2.75) is 25.4 Å². The van der Waals surface area contributed by atoms with Gasteiger partial charge in [0.1, 0.15) is 11.6 Å². The predicted octanol–water partition coefficient (Wildman–Crippen LogP) is 6.31. The molecular formula is C24H22FN3O3S2. The van der Waals surface area contributed by atoms with Crippen molar-refractivity contribution in [1.82, 2.24) is 4.98 Å². The number of furan rings is 1. The highest BCUT2D eigenvalue weighted by atomic mass is 32.2. The number of halogens is 1. The summed E-state index contributed by atoms with van der Waals surface area (Å²) in [6, 6.07) is 15.4. The minimum absolute atomic E-state index is 0.0942. The van der Waals surface area contributed by atoms with E-state index in [0.29, 0.717) is 39.2 Å². The lowest BCUT2D eigenvalue weighted by Gasteiger charge is -2.03. The third-order valence-electron chi connectivity index (χ3n) is 4.75. The van der Waals surface area contributed by atoms with Gasteiger partial charge in [0.05, 0.1) is 16.0 Å². The summed E-state index contributed by atoms with van der Waals surface area (Å²) < 4.78 is 20.3. The first kappa shape index (κ1) is 23.0. The van der Waals surface area contributed by atoms with Crippen LogP contribution in [-0.4, -0.2) is 16.8 Å². The zero-order valence-electron chi connectivity index (χ0n) is 18.1. The summed E-state index contributed by atoms with van der Waals surface area (Å²) in [5.41, 5.74) is 1.89. The number of thiazole rings is 1. The maximum absolute atomic E-state index is 13.7. The highest BCUT2D eigenvalue weighted by Crippen LogP contribution is 2.29. The maximum Gasteiger partial charge on any atom is 0.291 e. The first-order chi connectivity index (χ1) is 15.9. The van der Waals surface area contributed by atoms with E-state index >= 15 is 0 Å². The van der Waals surface area contributed by atoms with Crippen LogP contribution in [0.25, 0.3) is 10.2 Å². The second kappa shape index (κ2) is 10.2. The van der Waals surface area contributed by atoms with Crippen LogP contribution in [-0.2, 0) is 16.3 Å². The fraction of sp³-hybridized carbons (Fsp3) is 0.208. The third-order valence-corrected chi connectivity index (χ3v) is 6.70. The molecule has 0 saturated carbocycles. The Labute approximate surface area is 198 Å². The molecule has 2 aromatic carbocycles. The van der Waals surface area contributed by atoms with Crippen LogP contribution in [0.3, 0.4) is 0 Å². The van der Waals surface area contributed by atoms with Crippen molar-refractivity contribution in [2.24, 2.45) is 5.92 Å². The Morgan fingerprint density at radius 3 is 2.70 bits per heavy atom. The molecule has 0 aliphatic rings. The number of anilines is 2. The van der Waals surface area contributed by atoms with Gasteiger partial charge in [0.15, 0.2) is 10.9 Å². The van der Waals surface area contributed by atoms with Crippen molar-refractivity contribution >= 4 is 55.9 Å². The molecule has 0 aliphatic heterocycles. The SMILES string of the molecule is CC(C)C(=O)Nc1nc2cc(NC(=O)c3ccc(CSCc4ccccc4F)o3)ccc2s1. The highest BCUT2D eigenvalue weighted by Gasteiger charge is 2.14. The molecular weight excluding hydrogens is 461 g/mol. The van der Waals surface area contributed by atoms with Gasteiger partial charge in [0.25, 0.3) is 5.91 Å². The number of nitrogens with zero attached hydrogens (tertiary/aromatic N) is 1. The Morgan fingerprint density at radius 2 is 1.91 bits per heavy atom. The lowest BCUT2D eigenvalue weighted by atomic mass is 10.2. The topological polar surface area (TPSA) is 84.2 Å². The Bertz CT molecular complexity index is 1300. The van der Waals surface area contributed by atoms with Crippen molar-refractivity contribution in [3.8, 4) is 0 Å². The van der Waals surface area contributed by atoms with Gasteiger partial charge in [-0.25, -0.2) is 9.37 Å². The lowest BCUT2D eigenvalue weighted by molar-refractivity contribution is -0.118. The average Bonchev–Trinajstić information content (AvgIpc) is 3.41. The molecule has 0 spiro atoms. The standard InChI is InChI=1S/C24H22FN3O3S2/c1-14(2)22(29)28-24-27-19-11-16(7-10-21(19)33-24)26-23(30)20-9-8-17(31-20)13-32-12-15-5-3-4-6-18(15)25/h3-11,14H,12-13H2,1-2H3,(H,26,30)(H,27,28,29). The number of carbonyl (C=O) groups excluding carboxylic acids is 2. The summed E-state index contributed by atoms with van der Waals surface area (Å²) in [7, 11) is 0. The van der Waals surface area contributed by atoms with Crippen LogP contribution >= 0.6 is 23.1 Å². The van der Waals surface area contributed by atoms with Gasteiger partial charge in [0.2, 0.25) is 5.91 Å². The average molecular weight is 484 g/mol. The number of amides is 2. The van der Waals surface area contributed by atoms with Crippen LogP contribution in [0, 0.1) is 11.7 Å². The molecule has 33 heavy (non-hydrogen) atoms. The number of rotatable bonds is 8. The third kappa shape index (κ3) is 5.80. The molecule has 2 N–H and O–H groups in total. The van der Waals surface area contributed by atoms with Gasteiger partial charge in [-0.2, -0.15) is 0 Å². The zero-order chi connectivity index (χ0) is 23.4. The second-order valence-corrected chi connectivity index (χ2v) is 9.67. The summed E-state index contributed by atoms with van der Waals surface area (Å²) in [6.07, 6.45) is 0. The molecule has 0 fully saturated rings. The van der Waals surface area contributed by atoms with Gasteiger partial charge in [0, 0.05) is 17.4 Å². The Morgan fingerprint density at radius 1 is 1.09 bits per heavy atom. The normalized spacial score (nSPS) is 11.2. The van der Waals surface area contributed by atoms with Crippen molar-refractivity contribution in [1.29, 1.82) is 0 Å². The highest BCUT2D eigenvalue weighted by molar-refractivity contribution is 7.97. The van der Waals surface area contributed by atoms with Gasteiger partial charge in [-0.05, 0) is 42.0 Å². The second-order valence-electron chi connectivity index (χ2n) is 7.65. The van der Waals surface area contributed by atoms with Gasteiger partial charge in [-0.1, -0.05) is 43.4 Å². The molecule has 2 heterocycles. The first-order valence-corrected chi connectivity index (χ1v) is 12.3. The molecule has 4 rings (SSSR count). The van der Waals surface area contributed by atoms with Gasteiger partial charge >= 0.3 is 0 Å². The van der Waals surface area contributed by atoms with E-state index in [1.165, 1.54) is 29.2 Å². The molecule has 0 atom stereocenters. The van der Waals surface area contributed by atoms with Crippen molar-refractivity contribution < 1.29 is 18.4 Å². The Kier molecular flexibility index (Phi) is 7.10. The number of benzene rings is 2. The molecule has 2 aromatic heterocycles. The molecule has 0 unspecified atom stereocenters. The fourth-order valence-electron chi connectivity index (χ4n) is 2.96. The number of hydrogen-bond donors (Lipinski definition) is 2. The van der Waals surface area contributed by atoms with Crippen LogP contribution in [0.4, 0.5) is 15.2 Å². The molecule has 0 bridgehead atoms. The van der Waals surface area contributed by atoms with Crippen molar-refractivity contribution in [3.05, 3.63) is 77.5 Å². The number of nitrogens with one attached hydrogen (secondary N) is 2. The number of thioether (sulfide) groups is 1. The van der Waals surface area contributed by atoms with Crippen LogP contribution in [0.2, 0.25) is 0 Å². The summed E-state index contributed by atoms with van der Waals surface area (Å²) in [5, 5.41) is 6.13. The first-order valence-electron chi connectivity index (χ1n) is 10.3. The number of aromatic nitrogens is 1. The van der Waals surface area contributed by atoms with Crippen LogP contribution in [0.5, 0.6) is 0 Å².